The fourth-order valence-electron chi connectivity index (χ4n) is 5.15. The number of aliphatic hydroxyl groups is 1. The van der Waals surface area contributed by atoms with Crippen LogP contribution in [0.5, 0.6) is 0 Å². The fourth-order valence-corrected chi connectivity index (χ4v) is 6.31. The molecule has 4 N–H and O–H groups in total. The quantitative estimate of drug-likeness (QED) is 0.0273. The third-order valence-electron chi connectivity index (χ3n) is 8.45. The third-order valence-corrected chi connectivity index (χ3v) is 9.89. The molecule has 0 heterocycles. The van der Waals surface area contributed by atoms with Gasteiger partial charge in [-0.3, -0.25) is 23.2 Å². The monoisotopic (exact) mass is 760 g/mol. The number of hydrogen-bond donors (Lipinski definition) is 4. The first-order valence-corrected chi connectivity index (χ1v) is 22.0. The molecule has 0 bridgehead atoms. The molecule has 0 spiro atoms. The van der Waals surface area contributed by atoms with Gasteiger partial charge in [-0.1, -0.05) is 137 Å². The van der Waals surface area contributed by atoms with Gasteiger partial charge in [0.25, 0.3) is 0 Å². The van der Waals surface area contributed by atoms with E-state index in [4.69, 9.17) is 23.8 Å². The highest BCUT2D eigenvalue weighted by Gasteiger charge is 2.28. The van der Waals surface area contributed by atoms with E-state index in [1.165, 1.54) is 70.6 Å². The lowest BCUT2D eigenvalue weighted by Gasteiger charge is -2.20. The van der Waals surface area contributed by atoms with E-state index in [0.717, 1.165) is 50.4 Å². The molecule has 0 aromatic carbocycles. The Morgan fingerprint density at radius 2 is 1.02 bits per heavy atom. The van der Waals surface area contributed by atoms with E-state index < -0.39 is 59.6 Å². The minimum Gasteiger partial charge on any atom is -0.462 e. The van der Waals surface area contributed by atoms with Crippen molar-refractivity contribution in [2.75, 3.05) is 26.4 Å². The van der Waals surface area contributed by atoms with Crippen molar-refractivity contribution in [3.05, 3.63) is 0 Å². The standard InChI is InChI=1S/C35H70O13P2/c1-5-31(4)23-19-15-12-13-16-20-24-34(37)44-28-33(29-47-50(42,43)46-27-32(36)26-45-49(39,40)41)48-35(38)25-21-17-11-9-7-6-8-10-14-18-22-30(2)3/h30-33,36H,5-29H2,1-4H3,(H,42,43)(H2,39,40,41)/t31?,32-,33+/m0/s1. The minimum absolute atomic E-state index is 0.136. The van der Waals surface area contributed by atoms with Gasteiger partial charge in [-0.05, 0) is 24.7 Å². The Balaban J connectivity index is 4.59. The first-order valence-electron chi connectivity index (χ1n) is 19.0. The van der Waals surface area contributed by atoms with Crippen molar-refractivity contribution >= 4 is 27.6 Å². The molecule has 0 saturated carbocycles. The average Bonchev–Trinajstić information content (AvgIpc) is 3.05. The summed E-state index contributed by atoms with van der Waals surface area (Å²) in [6.07, 6.45) is 18.5. The number of unbranched alkanes of at least 4 members (excludes halogenated alkanes) is 14. The molecule has 0 aromatic rings. The molecule has 0 saturated heterocycles. The summed E-state index contributed by atoms with van der Waals surface area (Å²) in [7, 11) is -9.64. The molecule has 0 fully saturated rings. The summed E-state index contributed by atoms with van der Waals surface area (Å²) in [5, 5.41) is 9.70. The molecule has 0 aliphatic rings. The number of carbonyl (C=O) groups is 2. The lowest BCUT2D eigenvalue weighted by molar-refractivity contribution is -0.161. The molecule has 298 valence electrons. The fraction of sp³-hybridized carbons (Fsp3) is 0.943. The molecule has 50 heavy (non-hydrogen) atoms. The van der Waals surface area contributed by atoms with Crippen LogP contribution in [-0.2, 0) is 41.8 Å². The van der Waals surface area contributed by atoms with Gasteiger partial charge in [0.1, 0.15) is 12.7 Å². The van der Waals surface area contributed by atoms with Crippen molar-refractivity contribution in [2.45, 2.75) is 175 Å². The molecule has 13 nitrogen and oxygen atoms in total. The smallest absolute Gasteiger partial charge is 0.462 e. The van der Waals surface area contributed by atoms with Crippen molar-refractivity contribution in [1.82, 2.24) is 0 Å². The van der Waals surface area contributed by atoms with Crippen LogP contribution in [0.1, 0.15) is 163 Å². The van der Waals surface area contributed by atoms with Crippen LogP contribution in [0.4, 0.5) is 0 Å². The van der Waals surface area contributed by atoms with E-state index in [-0.39, 0.29) is 19.4 Å². The lowest BCUT2D eigenvalue weighted by Crippen LogP contribution is -2.30. The first kappa shape index (κ1) is 49.1. The molecule has 15 heteroatoms. The molecule has 0 aliphatic heterocycles. The first-order chi connectivity index (χ1) is 23.6. The zero-order valence-corrected chi connectivity index (χ0v) is 33.1. The maximum absolute atomic E-state index is 12.6. The van der Waals surface area contributed by atoms with E-state index in [0.29, 0.717) is 12.8 Å². The van der Waals surface area contributed by atoms with Crippen molar-refractivity contribution in [3.8, 4) is 0 Å². The second-order valence-electron chi connectivity index (χ2n) is 13.9. The Morgan fingerprint density at radius 1 is 0.580 bits per heavy atom. The van der Waals surface area contributed by atoms with Crippen molar-refractivity contribution < 1.29 is 61.6 Å². The predicted octanol–water partition coefficient (Wildman–Crippen LogP) is 8.55. The van der Waals surface area contributed by atoms with E-state index in [2.05, 4.69) is 36.7 Å². The number of carbonyl (C=O) groups excluding carboxylic acids is 2. The summed E-state index contributed by atoms with van der Waals surface area (Å²) in [4.78, 5) is 52.4. The minimum atomic E-state index is -4.85. The molecule has 0 aromatic heterocycles. The molecule has 4 atom stereocenters. The number of hydrogen-bond acceptors (Lipinski definition) is 10. The van der Waals surface area contributed by atoms with Gasteiger partial charge in [0.2, 0.25) is 0 Å². The zero-order chi connectivity index (χ0) is 37.7. The molecule has 0 radical (unpaired) electrons. The van der Waals surface area contributed by atoms with Crippen LogP contribution in [-0.4, -0.2) is 70.4 Å². The summed E-state index contributed by atoms with van der Waals surface area (Å²) >= 11 is 0. The molecule has 0 aliphatic carbocycles. The van der Waals surface area contributed by atoms with E-state index in [1.807, 2.05) is 0 Å². The second-order valence-corrected chi connectivity index (χ2v) is 16.6. The maximum Gasteiger partial charge on any atom is 0.472 e. The maximum atomic E-state index is 12.6. The van der Waals surface area contributed by atoms with Gasteiger partial charge < -0.3 is 29.3 Å². The SMILES string of the molecule is CCC(C)CCCCCCCCC(=O)OC[C@H](COP(=O)(O)OC[C@@H](O)COP(=O)(O)O)OC(=O)CCCCCCCCCCCCC(C)C. The normalized spacial score (nSPS) is 15.1. The van der Waals surface area contributed by atoms with Crippen LogP contribution in [0.15, 0.2) is 0 Å². The number of esters is 2. The third kappa shape index (κ3) is 34.2. The largest absolute Gasteiger partial charge is 0.472 e. The molecule has 2 unspecified atom stereocenters. The summed E-state index contributed by atoms with van der Waals surface area (Å²) in [6, 6.07) is 0. The van der Waals surface area contributed by atoms with Gasteiger partial charge in [-0.25, -0.2) is 9.13 Å². The summed E-state index contributed by atoms with van der Waals surface area (Å²) in [6.45, 7) is 6.30. The van der Waals surface area contributed by atoms with Gasteiger partial charge >= 0.3 is 27.6 Å². The van der Waals surface area contributed by atoms with E-state index in [9.17, 15) is 28.7 Å². The van der Waals surface area contributed by atoms with Crippen LogP contribution >= 0.6 is 15.6 Å². The number of phosphoric acid groups is 2. The molecule has 0 amide bonds. The molecular weight excluding hydrogens is 690 g/mol. The summed E-state index contributed by atoms with van der Waals surface area (Å²) in [5.74, 6) is 0.495. The van der Waals surface area contributed by atoms with Crippen LogP contribution < -0.4 is 0 Å². The number of phosphoric ester groups is 2. The Morgan fingerprint density at radius 3 is 1.52 bits per heavy atom. The Labute approximate surface area is 301 Å². The van der Waals surface area contributed by atoms with Crippen LogP contribution in [0.2, 0.25) is 0 Å². The number of ether oxygens (including phenoxy) is 2. The van der Waals surface area contributed by atoms with Crippen molar-refractivity contribution in [1.29, 1.82) is 0 Å². The topological polar surface area (TPSA) is 195 Å². The Kier molecular flexibility index (Phi) is 30.0. The highest BCUT2D eigenvalue weighted by atomic mass is 31.2. The van der Waals surface area contributed by atoms with Gasteiger partial charge in [-0.2, -0.15) is 0 Å². The van der Waals surface area contributed by atoms with Gasteiger partial charge in [0.15, 0.2) is 6.10 Å². The summed E-state index contributed by atoms with van der Waals surface area (Å²) < 4.78 is 47.5. The highest BCUT2D eigenvalue weighted by molar-refractivity contribution is 7.47. The zero-order valence-electron chi connectivity index (χ0n) is 31.3. The van der Waals surface area contributed by atoms with Crippen molar-refractivity contribution in [3.63, 3.8) is 0 Å². The number of aliphatic hydroxyl groups excluding tert-OH is 1. The summed E-state index contributed by atoms with van der Waals surface area (Å²) in [5.41, 5.74) is 0. The van der Waals surface area contributed by atoms with E-state index >= 15 is 0 Å². The molecule has 0 rings (SSSR count). The van der Waals surface area contributed by atoms with Gasteiger partial charge in [-0.15, -0.1) is 0 Å². The Hall–Kier alpha value is -0.880. The molecular formula is C35H70O13P2. The van der Waals surface area contributed by atoms with E-state index in [1.54, 1.807) is 0 Å². The van der Waals surface area contributed by atoms with Gasteiger partial charge in [0.05, 0.1) is 19.8 Å². The van der Waals surface area contributed by atoms with Gasteiger partial charge in [0, 0.05) is 12.8 Å². The Bertz CT molecular complexity index is 944. The van der Waals surface area contributed by atoms with Crippen molar-refractivity contribution in [2.24, 2.45) is 11.8 Å². The van der Waals surface area contributed by atoms with Crippen LogP contribution in [0, 0.1) is 11.8 Å². The number of rotatable bonds is 35. The lowest BCUT2D eigenvalue weighted by atomic mass is 10.00. The predicted molar refractivity (Wildman–Crippen MR) is 193 cm³/mol. The second kappa shape index (κ2) is 30.6. The average molecular weight is 761 g/mol. The van der Waals surface area contributed by atoms with Crippen LogP contribution in [0.25, 0.3) is 0 Å². The highest BCUT2D eigenvalue weighted by Crippen LogP contribution is 2.43. The van der Waals surface area contributed by atoms with Crippen LogP contribution in [0.3, 0.4) is 0 Å².